The van der Waals surface area contributed by atoms with E-state index >= 15 is 0 Å². The number of pyridine rings is 1. The first-order chi connectivity index (χ1) is 7.19. The van der Waals surface area contributed by atoms with Crippen LogP contribution < -0.4 is 5.32 Å². The van der Waals surface area contributed by atoms with Crippen LogP contribution in [0.2, 0.25) is 10.0 Å². The van der Waals surface area contributed by atoms with Gasteiger partial charge in [-0.15, -0.1) is 0 Å². The van der Waals surface area contributed by atoms with Crippen molar-refractivity contribution in [2.24, 2.45) is 0 Å². The van der Waals surface area contributed by atoms with Crippen molar-refractivity contribution in [3.63, 3.8) is 0 Å². The molecule has 1 heterocycles. The normalized spacial score (nSPS) is 10.4. The Balaban J connectivity index is 2.90. The number of hydrogen-bond acceptors (Lipinski definition) is 2. The number of nitrogens with zero attached hydrogens (tertiary/aromatic N) is 1. The molecule has 0 atom stereocenters. The van der Waals surface area contributed by atoms with Crippen LogP contribution in [0.3, 0.4) is 0 Å². The van der Waals surface area contributed by atoms with Crippen molar-refractivity contribution < 1.29 is 0 Å². The summed E-state index contributed by atoms with van der Waals surface area (Å²) in [6, 6.07) is 1.76. The molecular weight excluding hydrogens is 231 g/mol. The van der Waals surface area contributed by atoms with E-state index < -0.39 is 0 Å². The molecule has 2 nitrogen and oxygen atoms in total. The lowest BCUT2D eigenvalue weighted by atomic mass is 10.2. The lowest BCUT2D eigenvalue weighted by molar-refractivity contribution is 0.777. The molecule has 4 heteroatoms. The van der Waals surface area contributed by atoms with Gasteiger partial charge in [-0.3, -0.25) is 0 Å². The van der Waals surface area contributed by atoms with Crippen molar-refractivity contribution in [3.05, 3.63) is 21.8 Å². The highest BCUT2D eigenvalue weighted by Gasteiger charge is 2.08. The second-order valence-electron chi connectivity index (χ2n) is 3.38. The van der Waals surface area contributed by atoms with Crippen molar-refractivity contribution >= 4 is 29.0 Å². The summed E-state index contributed by atoms with van der Waals surface area (Å²) in [6.45, 7) is 4.97. The SMILES string of the molecule is CCCCc1nc(NCC)c(Cl)cc1Cl. The predicted molar refractivity (Wildman–Crippen MR) is 67.0 cm³/mol. The van der Waals surface area contributed by atoms with Crippen LogP contribution in [0.5, 0.6) is 0 Å². The summed E-state index contributed by atoms with van der Waals surface area (Å²) in [4.78, 5) is 4.42. The van der Waals surface area contributed by atoms with Crippen molar-refractivity contribution in [1.82, 2.24) is 4.98 Å². The first-order valence-electron chi connectivity index (χ1n) is 5.27. The molecule has 0 aromatic carbocycles. The number of nitrogens with one attached hydrogen (secondary N) is 1. The van der Waals surface area contributed by atoms with Crippen LogP contribution in [0.4, 0.5) is 5.82 Å². The second-order valence-corrected chi connectivity index (χ2v) is 4.20. The molecule has 0 unspecified atom stereocenters. The van der Waals surface area contributed by atoms with E-state index in [2.05, 4.69) is 17.2 Å². The zero-order valence-electron chi connectivity index (χ0n) is 9.11. The second kappa shape index (κ2) is 6.19. The average Bonchev–Trinajstić information content (AvgIpc) is 2.20. The molecule has 84 valence electrons. The number of aromatic nitrogens is 1. The third kappa shape index (κ3) is 3.54. The molecule has 0 aliphatic rings. The van der Waals surface area contributed by atoms with E-state index in [0.29, 0.717) is 10.0 Å². The molecule has 0 fully saturated rings. The van der Waals surface area contributed by atoms with E-state index in [1.165, 1.54) is 0 Å². The number of rotatable bonds is 5. The molecule has 0 radical (unpaired) electrons. The zero-order chi connectivity index (χ0) is 11.3. The summed E-state index contributed by atoms with van der Waals surface area (Å²) < 4.78 is 0. The molecule has 1 rings (SSSR count). The predicted octanol–water partition coefficient (Wildman–Crippen LogP) is 4.16. The highest BCUT2D eigenvalue weighted by atomic mass is 35.5. The Labute approximate surface area is 101 Å². The van der Waals surface area contributed by atoms with Crippen molar-refractivity contribution in [3.8, 4) is 0 Å². The minimum Gasteiger partial charge on any atom is -0.369 e. The van der Waals surface area contributed by atoms with Crippen LogP contribution in [0.1, 0.15) is 32.4 Å². The Morgan fingerprint density at radius 3 is 2.60 bits per heavy atom. The molecule has 15 heavy (non-hydrogen) atoms. The molecular formula is C11H16Cl2N2. The first-order valence-corrected chi connectivity index (χ1v) is 6.03. The first kappa shape index (κ1) is 12.6. The monoisotopic (exact) mass is 246 g/mol. The van der Waals surface area contributed by atoms with Crippen molar-refractivity contribution in [1.29, 1.82) is 0 Å². The maximum absolute atomic E-state index is 6.06. The molecule has 1 aromatic heterocycles. The van der Waals surface area contributed by atoms with Gasteiger partial charge in [0.15, 0.2) is 0 Å². The molecule has 0 aliphatic heterocycles. The van der Waals surface area contributed by atoms with Crippen molar-refractivity contribution in [2.75, 3.05) is 11.9 Å². The van der Waals surface area contributed by atoms with Crippen LogP contribution in [-0.4, -0.2) is 11.5 Å². The molecule has 1 aromatic rings. The van der Waals surface area contributed by atoms with Gasteiger partial charge in [0.1, 0.15) is 5.82 Å². The fraction of sp³-hybridized carbons (Fsp3) is 0.545. The summed E-state index contributed by atoms with van der Waals surface area (Å²) in [5.41, 5.74) is 0.930. The minimum atomic E-state index is 0.585. The van der Waals surface area contributed by atoms with Gasteiger partial charge in [-0.25, -0.2) is 4.98 Å². The summed E-state index contributed by atoms with van der Waals surface area (Å²) in [6.07, 6.45) is 3.14. The highest BCUT2D eigenvalue weighted by molar-refractivity contribution is 6.36. The maximum atomic E-state index is 6.06. The lowest BCUT2D eigenvalue weighted by Crippen LogP contribution is -2.03. The Bertz CT molecular complexity index is 327. The maximum Gasteiger partial charge on any atom is 0.145 e. The van der Waals surface area contributed by atoms with Gasteiger partial charge in [0.05, 0.1) is 15.7 Å². The lowest BCUT2D eigenvalue weighted by Gasteiger charge is -2.09. The third-order valence-corrected chi connectivity index (χ3v) is 2.73. The van der Waals surface area contributed by atoms with Crippen molar-refractivity contribution in [2.45, 2.75) is 33.1 Å². The molecule has 1 N–H and O–H groups in total. The van der Waals surface area contributed by atoms with Crippen LogP contribution in [0.25, 0.3) is 0 Å². The summed E-state index contributed by atoms with van der Waals surface area (Å²) in [7, 11) is 0. The van der Waals surface area contributed by atoms with Gasteiger partial charge in [0, 0.05) is 6.54 Å². The van der Waals surface area contributed by atoms with E-state index in [0.717, 1.165) is 37.3 Å². The van der Waals surface area contributed by atoms with Gasteiger partial charge < -0.3 is 5.32 Å². The van der Waals surface area contributed by atoms with Gasteiger partial charge in [-0.1, -0.05) is 36.5 Å². The molecule has 0 saturated carbocycles. The van der Waals surface area contributed by atoms with Gasteiger partial charge in [0.2, 0.25) is 0 Å². The highest BCUT2D eigenvalue weighted by Crippen LogP contribution is 2.26. The van der Waals surface area contributed by atoms with E-state index in [1.807, 2.05) is 6.92 Å². The summed E-state index contributed by atoms with van der Waals surface area (Å²) in [5.74, 6) is 0.731. The fourth-order valence-corrected chi connectivity index (χ4v) is 1.84. The van der Waals surface area contributed by atoms with E-state index in [-0.39, 0.29) is 0 Å². The number of aryl methyl sites for hydroxylation is 1. The standard InChI is InChI=1S/C11H16Cl2N2/c1-3-5-6-10-8(12)7-9(13)11(15-10)14-4-2/h7H,3-6H2,1-2H3,(H,14,15). The Morgan fingerprint density at radius 1 is 1.27 bits per heavy atom. The van der Waals surface area contributed by atoms with Crippen LogP contribution in [-0.2, 0) is 6.42 Å². The van der Waals surface area contributed by atoms with E-state index in [9.17, 15) is 0 Å². The van der Waals surface area contributed by atoms with Crippen LogP contribution in [0.15, 0.2) is 6.07 Å². The van der Waals surface area contributed by atoms with Gasteiger partial charge in [0.25, 0.3) is 0 Å². The van der Waals surface area contributed by atoms with Crippen LogP contribution in [0, 0.1) is 0 Å². The topological polar surface area (TPSA) is 24.9 Å². The zero-order valence-corrected chi connectivity index (χ0v) is 10.6. The Kier molecular flexibility index (Phi) is 5.20. The number of unbranched alkanes of at least 4 members (excludes halogenated alkanes) is 1. The number of halogens is 2. The molecule has 0 amide bonds. The average molecular weight is 247 g/mol. The number of anilines is 1. The van der Waals surface area contributed by atoms with E-state index in [1.54, 1.807) is 6.07 Å². The number of hydrogen-bond donors (Lipinski definition) is 1. The smallest absolute Gasteiger partial charge is 0.145 e. The molecule has 0 bridgehead atoms. The summed E-state index contributed by atoms with van der Waals surface area (Å²) in [5, 5.41) is 4.37. The largest absolute Gasteiger partial charge is 0.369 e. The summed E-state index contributed by atoms with van der Waals surface area (Å²) >= 11 is 12.1. The quantitative estimate of drug-likeness (QED) is 0.844. The Morgan fingerprint density at radius 2 is 2.00 bits per heavy atom. The van der Waals surface area contributed by atoms with Gasteiger partial charge in [-0.05, 0) is 25.8 Å². The molecule has 0 saturated heterocycles. The van der Waals surface area contributed by atoms with E-state index in [4.69, 9.17) is 23.2 Å². The Hall–Kier alpha value is -0.470. The third-order valence-electron chi connectivity index (χ3n) is 2.11. The molecule has 0 spiro atoms. The van der Waals surface area contributed by atoms with Crippen LogP contribution >= 0.6 is 23.2 Å². The fourth-order valence-electron chi connectivity index (χ4n) is 1.32. The minimum absolute atomic E-state index is 0.585. The molecule has 0 aliphatic carbocycles. The van der Waals surface area contributed by atoms with Gasteiger partial charge >= 0.3 is 0 Å². The van der Waals surface area contributed by atoms with Gasteiger partial charge in [-0.2, -0.15) is 0 Å².